The number of nitrogens with zero attached hydrogens (tertiary/aromatic N) is 3. The molecule has 0 atom stereocenters. The molecule has 0 unspecified atom stereocenters. The molecule has 90 valence electrons. The van der Waals surface area contributed by atoms with Gasteiger partial charge in [-0.2, -0.15) is 5.26 Å². The van der Waals surface area contributed by atoms with Crippen LogP contribution in [0, 0.1) is 17.1 Å². The molecule has 0 radical (unpaired) electrons. The number of hydrogen-bond donors (Lipinski definition) is 1. The highest BCUT2D eigenvalue weighted by molar-refractivity contribution is 5.68. The van der Waals surface area contributed by atoms with Gasteiger partial charge in [0.15, 0.2) is 0 Å². The summed E-state index contributed by atoms with van der Waals surface area (Å²) >= 11 is 0. The van der Waals surface area contributed by atoms with Gasteiger partial charge in [0.1, 0.15) is 23.3 Å². The predicted molar refractivity (Wildman–Crippen MR) is 65.4 cm³/mol. The van der Waals surface area contributed by atoms with Crippen molar-refractivity contribution in [3.63, 3.8) is 0 Å². The monoisotopic (exact) mass is 242 g/mol. The van der Waals surface area contributed by atoms with Gasteiger partial charge in [-0.3, -0.25) is 0 Å². The lowest BCUT2D eigenvalue weighted by Crippen LogP contribution is -2.18. The smallest absolute Gasteiger partial charge is 0.204 e. The molecule has 0 fully saturated rings. The highest BCUT2D eigenvalue weighted by Crippen LogP contribution is 2.29. The van der Waals surface area contributed by atoms with Crippen molar-refractivity contribution in [1.82, 2.24) is 9.55 Å². The van der Waals surface area contributed by atoms with Gasteiger partial charge < -0.3 is 9.88 Å². The molecular formula is C13H11FN4. The number of anilines is 1. The highest BCUT2D eigenvalue weighted by atomic mass is 19.1. The Morgan fingerprint density at radius 3 is 3.00 bits per heavy atom. The molecule has 1 aliphatic heterocycles. The number of benzene rings is 1. The minimum Gasteiger partial charge on any atom is -0.356 e. The third-order valence-corrected chi connectivity index (χ3v) is 3.04. The number of rotatable bonds is 1. The molecule has 2 heterocycles. The lowest BCUT2D eigenvalue weighted by molar-refractivity contribution is 0.621. The van der Waals surface area contributed by atoms with Crippen molar-refractivity contribution in [1.29, 1.82) is 5.26 Å². The van der Waals surface area contributed by atoms with E-state index in [0.29, 0.717) is 22.9 Å². The maximum Gasteiger partial charge on any atom is 0.204 e. The molecule has 1 aliphatic rings. The molecule has 1 aromatic carbocycles. The van der Waals surface area contributed by atoms with Crippen LogP contribution in [0.25, 0.3) is 11.3 Å². The highest BCUT2D eigenvalue weighted by Gasteiger charge is 2.21. The van der Waals surface area contributed by atoms with Crippen LogP contribution in [0.15, 0.2) is 24.3 Å². The number of nitrogens with one attached hydrogen (secondary N) is 1. The van der Waals surface area contributed by atoms with Gasteiger partial charge in [0.25, 0.3) is 0 Å². The number of fused-ring (bicyclic) bond motifs is 1. The van der Waals surface area contributed by atoms with E-state index >= 15 is 0 Å². The molecule has 3 rings (SSSR count). The molecule has 18 heavy (non-hydrogen) atoms. The minimum atomic E-state index is -0.357. The van der Waals surface area contributed by atoms with Gasteiger partial charge in [-0.1, -0.05) is 12.1 Å². The van der Waals surface area contributed by atoms with Gasteiger partial charge in [0.2, 0.25) is 5.95 Å². The Morgan fingerprint density at radius 1 is 1.39 bits per heavy atom. The van der Waals surface area contributed by atoms with E-state index in [-0.39, 0.29) is 5.82 Å². The molecule has 0 bridgehead atoms. The summed E-state index contributed by atoms with van der Waals surface area (Å²) in [6.07, 6.45) is 0.939. The summed E-state index contributed by atoms with van der Waals surface area (Å²) < 4.78 is 15.6. The summed E-state index contributed by atoms with van der Waals surface area (Å²) in [6.45, 7) is 1.57. The van der Waals surface area contributed by atoms with Crippen LogP contribution in [0.4, 0.5) is 10.3 Å². The van der Waals surface area contributed by atoms with Crippen LogP contribution in [0.2, 0.25) is 0 Å². The largest absolute Gasteiger partial charge is 0.356 e. The predicted octanol–water partition coefficient (Wildman–Crippen LogP) is 2.38. The average Bonchev–Trinajstić information content (AvgIpc) is 2.77. The zero-order chi connectivity index (χ0) is 12.5. The van der Waals surface area contributed by atoms with Crippen molar-refractivity contribution >= 4 is 5.95 Å². The van der Waals surface area contributed by atoms with Gasteiger partial charge >= 0.3 is 0 Å². The molecule has 1 N–H and O–H groups in total. The van der Waals surface area contributed by atoms with Crippen molar-refractivity contribution in [2.45, 2.75) is 13.0 Å². The number of hydrogen-bond acceptors (Lipinski definition) is 3. The van der Waals surface area contributed by atoms with Gasteiger partial charge in [0.05, 0.1) is 0 Å². The van der Waals surface area contributed by atoms with E-state index in [1.54, 1.807) is 18.2 Å². The average molecular weight is 242 g/mol. The Hall–Kier alpha value is -2.35. The van der Waals surface area contributed by atoms with Gasteiger partial charge in [-0.25, -0.2) is 9.37 Å². The molecule has 5 heteroatoms. The summed E-state index contributed by atoms with van der Waals surface area (Å²) in [5.74, 6) is 0.292. The second kappa shape index (κ2) is 4.15. The molecular weight excluding hydrogens is 231 g/mol. The zero-order valence-electron chi connectivity index (χ0n) is 9.65. The molecule has 0 amide bonds. The van der Waals surface area contributed by atoms with Crippen LogP contribution in [-0.4, -0.2) is 16.1 Å². The number of halogens is 1. The fourth-order valence-electron chi connectivity index (χ4n) is 2.20. The molecule has 0 spiro atoms. The van der Waals surface area contributed by atoms with E-state index in [2.05, 4.69) is 16.4 Å². The number of aromatic nitrogens is 2. The van der Waals surface area contributed by atoms with Gasteiger partial charge in [-0.05, 0) is 18.6 Å². The van der Waals surface area contributed by atoms with Crippen molar-refractivity contribution < 1.29 is 4.39 Å². The molecule has 2 aromatic rings. The van der Waals surface area contributed by atoms with Crippen LogP contribution in [0.5, 0.6) is 0 Å². The lowest BCUT2D eigenvalue weighted by Gasteiger charge is -2.15. The first-order valence-corrected chi connectivity index (χ1v) is 5.80. The van der Waals surface area contributed by atoms with E-state index in [0.717, 1.165) is 19.5 Å². The number of nitriles is 1. The maximum absolute atomic E-state index is 13.8. The summed E-state index contributed by atoms with van der Waals surface area (Å²) in [6, 6.07) is 8.51. The van der Waals surface area contributed by atoms with E-state index < -0.39 is 0 Å². The van der Waals surface area contributed by atoms with Crippen LogP contribution in [0.3, 0.4) is 0 Å². The molecule has 0 saturated heterocycles. The number of imidazole rings is 1. The van der Waals surface area contributed by atoms with E-state index in [4.69, 9.17) is 0 Å². The quantitative estimate of drug-likeness (QED) is 0.835. The SMILES string of the molecule is N#Cc1c(-c2ccccc2F)nc2n1CCCN2. The first-order chi connectivity index (χ1) is 8.81. The Kier molecular flexibility index (Phi) is 2.49. The van der Waals surface area contributed by atoms with Crippen molar-refractivity contribution in [3.05, 3.63) is 35.8 Å². The topological polar surface area (TPSA) is 53.6 Å². The van der Waals surface area contributed by atoms with Crippen molar-refractivity contribution in [2.24, 2.45) is 0 Å². The Labute approximate surface area is 104 Å². The molecule has 1 aromatic heterocycles. The van der Waals surface area contributed by atoms with Gasteiger partial charge in [0, 0.05) is 18.7 Å². The maximum atomic E-state index is 13.8. The third-order valence-electron chi connectivity index (χ3n) is 3.04. The summed E-state index contributed by atoms with van der Waals surface area (Å²) in [7, 11) is 0. The van der Waals surface area contributed by atoms with Crippen molar-refractivity contribution in [3.8, 4) is 17.3 Å². The van der Waals surface area contributed by atoms with E-state index in [9.17, 15) is 9.65 Å². The molecule has 4 nitrogen and oxygen atoms in total. The molecule has 0 aliphatic carbocycles. The zero-order valence-corrected chi connectivity index (χ0v) is 9.65. The fraction of sp³-hybridized carbons (Fsp3) is 0.231. The summed E-state index contributed by atoms with van der Waals surface area (Å²) in [5.41, 5.74) is 1.21. The lowest BCUT2D eigenvalue weighted by atomic mass is 10.1. The summed E-state index contributed by atoms with van der Waals surface area (Å²) in [4.78, 5) is 4.34. The second-order valence-electron chi connectivity index (χ2n) is 4.16. The fourth-order valence-corrected chi connectivity index (χ4v) is 2.20. The Morgan fingerprint density at radius 2 is 2.22 bits per heavy atom. The van der Waals surface area contributed by atoms with Crippen LogP contribution < -0.4 is 5.32 Å². The Bertz CT molecular complexity index is 639. The standard InChI is InChI=1S/C13H11FN4/c14-10-5-2-1-4-9(10)12-11(8-15)18-7-3-6-16-13(18)17-12/h1-2,4-5H,3,6-7H2,(H,16,17). The second-order valence-corrected chi connectivity index (χ2v) is 4.16. The van der Waals surface area contributed by atoms with E-state index in [1.165, 1.54) is 6.07 Å². The molecule has 0 saturated carbocycles. The van der Waals surface area contributed by atoms with Crippen LogP contribution in [0.1, 0.15) is 12.1 Å². The summed E-state index contributed by atoms with van der Waals surface area (Å²) in [5, 5.41) is 12.4. The van der Waals surface area contributed by atoms with E-state index in [1.807, 2.05) is 4.57 Å². The Balaban J connectivity index is 2.22. The van der Waals surface area contributed by atoms with Gasteiger partial charge in [-0.15, -0.1) is 0 Å². The normalized spacial score (nSPS) is 13.6. The van der Waals surface area contributed by atoms with Crippen LogP contribution >= 0.6 is 0 Å². The first-order valence-electron chi connectivity index (χ1n) is 5.80. The first kappa shape index (κ1) is 10.8. The van der Waals surface area contributed by atoms with Crippen molar-refractivity contribution in [2.75, 3.05) is 11.9 Å². The van der Waals surface area contributed by atoms with Crippen LogP contribution in [-0.2, 0) is 6.54 Å². The third kappa shape index (κ3) is 1.54. The minimum absolute atomic E-state index is 0.357.